The van der Waals surface area contributed by atoms with Gasteiger partial charge in [0.25, 0.3) is 5.89 Å². The predicted molar refractivity (Wildman–Crippen MR) is 73.8 cm³/mol. The zero-order chi connectivity index (χ0) is 15.4. The summed E-state index contributed by atoms with van der Waals surface area (Å²) in [7, 11) is 0. The van der Waals surface area contributed by atoms with Crippen LogP contribution < -0.4 is 0 Å². The fraction of sp³-hybridized carbons (Fsp3) is 0.267. The zero-order valence-electron chi connectivity index (χ0n) is 12.0. The maximum Gasteiger partial charge on any atom is 0.331 e. The molecule has 0 saturated heterocycles. The number of hydrogen-bond donors (Lipinski definition) is 0. The Morgan fingerprint density at radius 2 is 2.24 bits per heavy atom. The van der Waals surface area contributed by atoms with E-state index in [0.717, 1.165) is 0 Å². The first-order valence-electron chi connectivity index (χ1n) is 6.44. The molecule has 110 valence electrons. The van der Waals surface area contributed by atoms with Crippen LogP contribution >= 0.6 is 0 Å². The van der Waals surface area contributed by atoms with E-state index in [4.69, 9.17) is 9.26 Å². The molecule has 0 spiro atoms. The lowest BCUT2D eigenvalue weighted by atomic mass is 10.1. The Morgan fingerprint density at radius 1 is 1.48 bits per heavy atom. The van der Waals surface area contributed by atoms with Gasteiger partial charge in [-0.05, 0) is 32.4 Å². The number of rotatable bonds is 4. The molecule has 0 N–H and O–H groups in total. The summed E-state index contributed by atoms with van der Waals surface area (Å²) in [4.78, 5) is 15.5. The van der Waals surface area contributed by atoms with E-state index in [1.165, 1.54) is 12.1 Å². The molecule has 6 heteroatoms. The number of carbonyl (C=O) groups is 1. The van der Waals surface area contributed by atoms with Crippen LogP contribution in [0.15, 0.2) is 34.9 Å². The van der Waals surface area contributed by atoms with Crippen LogP contribution in [0, 0.1) is 12.7 Å². The zero-order valence-corrected chi connectivity index (χ0v) is 12.0. The number of benzene rings is 1. The Morgan fingerprint density at radius 3 is 2.90 bits per heavy atom. The van der Waals surface area contributed by atoms with Crippen molar-refractivity contribution in [2.75, 3.05) is 0 Å². The Hall–Kier alpha value is -2.50. The van der Waals surface area contributed by atoms with Crippen LogP contribution in [0.25, 0.3) is 11.4 Å². The van der Waals surface area contributed by atoms with E-state index in [1.807, 2.05) is 0 Å². The van der Waals surface area contributed by atoms with Crippen LogP contribution in [0.1, 0.15) is 31.4 Å². The SMILES string of the molecule is C/C=C/C(=O)OC(C)c1nc(-c2ccc(C)c(F)c2)no1. The summed E-state index contributed by atoms with van der Waals surface area (Å²) in [5.74, 6) is -0.431. The van der Waals surface area contributed by atoms with E-state index in [9.17, 15) is 9.18 Å². The van der Waals surface area contributed by atoms with Crippen LogP contribution in [-0.2, 0) is 9.53 Å². The molecular weight excluding hydrogens is 275 g/mol. The number of ether oxygens (including phenoxy) is 1. The van der Waals surface area contributed by atoms with Gasteiger partial charge in [-0.1, -0.05) is 23.4 Å². The summed E-state index contributed by atoms with van der Waals surface area (Å²) in [6.45, 7) is 5.00. The molecule has 0 bridgehead atoms. The smallest absolute Gasteiger partial charge is 0.331 e. The van der Waals surface area contributed by atoms with E-state index in [0.29, 0.717) is 11.1 Å². The summed E-state index contributed by atoms with van der Waals surface area (Å²) in [5, 5.41) is 3.77. The van der Waals surface area contributed by atoms with E-state index >= 15 is 0 Å². The molecule has 1 aromatic heterocycles. The van der Waals surface area contributed by atoms with Gasteiger partial charge in [-0.3, -0.25) is 0 Å². The third kappa shape index (κ3) is 3.53. The number of carbonyl (C=O) groups excluding carboxylic acids is 1. The van der Waals surface area contributed by atoms with Gasteiger partial charge in [-0.2, -0.15) is 4.98 Å². The molecule has 0 radical (unpaired) electrons. The minimum absolute atomic E-state index is 0.156. The van der Waals surface area contributed by atoms with Crippen molar-refractivity contribution >= 4 is 5.97 Å². The fourth-order valence-corrected chi connectivity index (χ4v) is 1.65. The minimum atomic E-state index is -0.676. The molecule has 0 aliphatic heterocycles. The lowest BCUT2D eigenvalue weighted by Gasteiger charge is -2.05. The molecule has 1 aromatic carbocycles. The summed E-state index contributed by atoms with van der Waals surface area (Å²) >= 11 is 0. The van der Waals surface area contributed by atoms with Gasteiger partial charge in [0, 0.05) is 11.6 Å². The summed E-state index contributed by atoms with van der Waals surface area (Å²) < 4.78 is 23.6. The second kappa shape index (κ2) is 6.30. The van der Waals surface area contributed by atoms with Gasteiger partial charge in [0.1, 0.15) is 5.82 Å². The van der Waals surface area contributed by atoms with Crippen LogP contribution in [0.4, 0.5) is 4.39 Å². The molecule has 0 amide bonds. The quantitative estimate of drug-likeness (QED) is 0.638. The van der Waals surface area contributed by atoms with Crippen molar-refractivity contribution in [2.45, 2.75) is 26.9 Å². The summed E-state index contributed by atoms with van der Waals surface area (Å²) in [6.07, 6.45) is 2.19. The van der Waals surface area contributed by atoms with Crippen molar-refractivity contribution in [3.63, 3.8) is 0 Å². The van der Waals surface area contributed by atoms with Crippen molar-refractivity contribution in [3.8, 4) is 11.4 Å². The first kappa shape index (κ1) is 14.9. The highest BCUT2D eigenvalue weighted by atomic mass is 19.1. The highest BCUT2D eigenvalue weighted by Crippen LogP contribution is 2.22. The topological polar surface area (TPSA) is 65.2 Å². The van der Waals surface area contributed by atoms with Crippen molar-refractivity contribution in [1.29, 1.82) is 0 Å². The van der Waals surface area contributed by atoms with Crippen LogP contribution in [-0.4, -0.2) is 16.1 Å². The first-order valence-corrected chi connectivity index (χ1v) is 6.44. The third-order valence-corrected chi connectivity index (χ3v) is 2.82. The van der Waals surface area contributed by atoms with Crippen molar-refractivity contribution in [2.24, 2.45) is 0 Å². The Balaban J connectivity index is 2.17. The van der Waals surface area contributed by atoms with Gasteiger partial charge in [-0.15, -0.1) is 0 Å². The number of halogens is 1. The molecular formula is C15H15FN2O3. The lowest BCUT2D eigenvalue weighted by Crippen LogP contribution is -2.06. The van der Waals surface area contributed by atoms with Crippen molar-refractivity contribution in [1.82, 2.24) is 10.1 Å². The summed E-state index contributed by atoms with van der Waals surface area (Å²) in [6, 6.07) is 4.67. The number of hydrogen-bond acceptors (Lipinski definition) is 5. The van der Waals surface area contributed by atoms with E-state index in [2.05, 4.69) is 10.1 Å². The molecule has 0 aliphatic carbocycles. The molecule has 2 aromatic rings. The maximum atomic E-state index is 13.5. The van der Waals surface area contributed by atoms with Crippen LogP contribution in [0.2, 0.25) is 0 Å². The minimum Gasteiger partial charge on any atom is -0.449 e. The second-order valence-electron chi connectivity index (χ2n) is 4.50. The second-order valence-corrected chi connectivity index (χ2v) is 4.50. The Labute approximate surface area is 121 Å². The normalized spacial score (nSPS) is 12.6. The van der Waals surface area contributed by atoms with E-state index in [-0.39, 0.29) is 17.5 Å². The molecule has 2 rings (SSSR count). The third-order valence-electron chi connectivity index (χ3n) is 2.82. The number of nitrogens with zero attached hydrogens (tertiary/aromatic N) is 2. The predicted octanol–water partition coefficient (Wildman–Crippen LogP) is 3.36. The molecule has 21 heavy (non-hydrogen) atoms. The monoisotopic (exact) mass is 290 g/mol. The largest absolute Gasteiger partial charge is 0.449 e. The van der Waals surface area contributed by atoms with Gasteiger partial charge in [0.15, 0.2) is 6.10 Å². The highest BCUT2D eigenvalue weighted by Gasteiger charge is 2.18. The van der Waals surface area contributed by atoms with E-state index < -0.39 is 12.1 Å². The summed E-state index contributed by atoms with van der Waals surface area (Å²) in [5.41, 5.74) is 1.04. The molecule has 0 aliphatic rings. The Kier molecular flexibility index (Phi) is 4.47. The maximum absolute atomic E-state index is 13.5. The fourth-order valence-electron chi connectivity index (χ4n) is 1.65. The van der Waals surface area contributed by atoms with Gasteiger partial charge in [0.05, 0.1) is 0 Å². The first-order chi connectivity index (χ1) is 10.0. The molecule has 5 nitrogen and oxygen atoms in total. The van der Waals surface area contributed by atoms with Crippen molar-refractivity contribution in [3.05, 3.63) is 47.6 Å². The van der Waals surface area contributed by atoms with Gasteiger partial charge in [0.2, 0.25) is 5.82 Å². The molecule has 1 unspecified atom stereocenters. The number of esters is 1. The van der Waals surface area contributed by atoms with Gasteiger partial charge >= 0.3 is 5.97 Å². The van der Waals surface area contributed by atoms with Crippen molar-refractivity contribution < 1.29 is 18.4 Å². The number of aryl methyl sites for hydroxylation is 1. The van der Waals surface area contributed by atoms with Crippen LogP contribution in [0.5, 0.6) is 0 Å². The molecule has 0 fully saturated rings. The highest BCUT2D eigenvalue weighted by molar-refractivity contribution is 5.81. The number of aromatic nitrogens is 2. The molecule has 1 atom stereocenters. The Bertz CT molecular complexity index is 679. The standard InChI is InChI=1S/C15H15FN2O3/c1-4-5-13(19)20-10(3)15-17-14(18-21-15)11-7-6-9(2)12(16)8-11/h4-8,10H,1-3H3/b5-4+. The average Bonchev–Trinajstić information content (AvgIpc) is 2.92. The van der Waals surface area contributed by atoms with E-state index in [1.54, 1.807) is 39.0 Å². The average molecular weight is 290 g/mol. The van der Waals surface area contributed by atoms with Gasteiger partial charge in [-0.25, -0.2) is 9.18 Å². The van der Waals surface area contributed by atoms with Gasteiger partial charge < -0.3 is 9.26 Å². The number of allylic oxidation sites excluding steroid dienone is 1. The molecule has 0 saturated carbocycles. The lowest BCUT2D eigenvalue weighted by molar-refractivity contribution is -0.143. The molecule has 1 heterocycles. The van der Waals surface area contributed by atoms with Crippen LogP contribution in [0.3, 0.4) is 0 Å².